The monoisotopic (exact) mass is 274 g/mol. The molecule has 2 aromatic rings. The summed E-state index contributed by atoms with van der Waals surface area (Å²) in [4.78, 5) is 14.3. The number of nitrogens with one attached hydrogen (secondary N) is 1. The fraction of sp³-hybridized carbons (Fsp3) is 0.400. The smallest absolute Gasteiger partial charge is 0.287 e. The Balaban J connectivity index is 1.66. The first-order valence-corrected chi connectivity index (χ1v) is 6.94. The van der Waals surface area contributed by atoms with Crippen LogP contribution < -0.4 is 5.32 Å². The minimum Gasteiger partial charge on any atom is -0.468 e. The van der Waals surface area contributed by atoms with Crippen molar-refractivity contribution in [3.63, 3.8) is 0 Å². The number of likely N-dealkylation sites (tertiary alicyclic amines) is 1. The van der Waals surface area contributed by atoms with Crippen molar-refractivity contribution in [3.8, 4) is 0 Å². The lowest BCUT2D eigenvalue weighted by Gasteiger charge is -2.25. The van der Waals surface area contributed by atoms with Crippen LogP contribution in [0.2, 0.25) is 0 Å². The van der Waals surface area contributed by atoms with Gasteiger partial charge in [0.1, 0.15) is 5.76 Å². The number of furan rings is 2. The van der Waals surface area contributed by atoms with Gasteiger partial charge in [0, 0.05) is 6.54 Å². The van der Waals surface area contributed by atoms with Gasteiger partial charge >= 0.3 is 0 Å². The van der Waals surface area contributed by atoms with Gasteiger partial charge in [-0.3, -0.25) is 9.69 Å². The molecule has 0 spiro atoms. The highest BCUT2D eigenvalue weighted by Gasteiger charge is 2.26. The highest BCUT2D eigenvalue weighted by atomic mass is 16.3. The molecule has 0 radical (unpaired) electrons. The van der Waals surface area contributed by atoms with Gasteiger partial charge in [-0.15, -0.1) is 0 Å². The number of amides is 1. The number of nitrogens with zero attached hydrogens (tertiary/aromatic N) is 1. The summed E-state index contributed by atoms with van der Waals surface area (Å²) in [7, 11) is 0. The fourth-order valence-electron chi connectivity index (χ4n) is 2.63. The van der Waals surface area contributed by atoms with Gasteiger partial charge in [-0.05, 0) is 50.2 Å². The van der Waals surface area contributed by atoms with Crippen molar-refractivity contribution in [2.75, 3.05) is 19.6 Å². The molecule has 1 aliphatic heterocycles. The van der Waals surface area contributed by atoms with Crippen LogP contribution in [0.5, 0.6) is 0 Å². The summed E-state index contributed by atoms with van der Waals surface area (Å²) in [5.74, 6) is 1.04. The van der Waals surface area contributed by atoms with Crippen LogP contribution in [0.15, 0.2) is 45.6 Å². The molecule has 1 saturated heterocycles. The van der Waals surface area contributed by atoms with Crippen molar-refractivity contribution in [1.82, 2.24) is 10.2 Å². The summed E-state index contributed by atoms with van der Waals surface area (Å²) in [6, 6.07) is 7.30. The zero-order chi connectivity index (χ0) is 13.8. The number of carbonyl (C=O) groups excluding carboxylic acids is 1. The summed E-state index contributed by atoms with van der Waals surface area (Å²) >= 11 is 0. The van der Waals surface area contributed by atoms with E-state index in [2.05, 4.69) is 10.2 Å². The largest absolute Gasteiger partial charge is 0.468 e. The van der Waals surface area contributed by atoms with Gasteiger partial charge in [0.25, 0.3) is 5.91 Å². The molecular weight excluding hydrogens is 256 g/mol. The summed E-state index contributed by atoms with van der Waals surface area (Å²) in [5, 5.41) is 2.92. The van der Waals surface area contributed by atoms with Crippen molar-refractivity contribution in [2.45, 2.75) is 18.9 Å². The topological polar surface area (TPSA) is 58.6 Å². The predicted octanol–water partition coefficient (Wildman–Crippen LogP) is 2.44. The van der Waals surface area contributed by atoms with Crippen LogP contribution in [-0.2, 0) is 0 Å². The second kappa shape index (κ2) is 5.96. The first kappa shape index (κ1) is 13.0. The number of hydrogen-bond acceptors (Lipinski definition) is 4. The zero-order valence-electron chi connectivity index (χ0n) is 11.2. The molecule has 1 aliphatic rings. The van der Waals surface area contributed by atoms with E-state index < -0.39 is 0 Å². The van der Waals surface area contributed by atoms with Crippen molar-refractivity contribution < 1.29 is 13.6 Å². The predicted molar refractivity (Wildman–Crippen MR) is 73.3 cm³/mol. The van der Waals surface area contributed by atoms with Crippen molar-refractivity contribution in [2.24, 2.45) is 0 Å². The fourth-order valence-corrected chi connectivity index (χ4v) is 2.63. The van der Waals surface area contributed by atoms with E-state index in [-0.39, 0.29) is 11.9 Å². The third-order valence-corrected chi connectivity index (χ3v) is 3.65. The van der Waals surface area contributed by atoms with E-state index in [9.17, 15) is 4.79 Å². The maximum Gasteiger partial charge on any atom is 0.287 e. The SMILES string of the molecule is O=C(NC[C@H](c1ccco1)N1CCCC1)c1ccco1. The maximum absolute atomic E-state index is 11.9. The first-order valence-electron chi connectivity index (χ1n) is 6.94. The average Bonchev–Trinajstić information content (AvgIpc) is 3.22. The second-order valence-corrected chi connectivity index (χ2v) is 4.96. The molecule has 0 aliphatic carbocycles. The Morgan fingerprint density at radius 2 is 1.95 bits per heavy atom. The lowest BCUT2D eigenvalue weighted by Crippen LogP contribution is -2.36. The Hall–Kier alpha value is -2.01. The molecule has 1 fully saturated rings. The summed E-state index contributed by atoms with van der Waals surface area (Å²) in [5.41, 5.74) is 0. The van der Waals surface area contributed by atoms with Gasteiger partial charge in [-0.1, -0.05) is 0 Å². The Bertz CT molecular complexity index is 527. The molecule has 2 aromatic heterocycles. The van der Waals surface area contributed by atoms with Crippen molar-refractivity contribution >= 4 is 5.91 Å². The quantitative estimate of drug-likeness (QED) is 0.909. The van der Waals surface area contributed by atoms with Crippen molar-refractivity contribution in [3.05, 3.63) is 48.3 Å². The molecule has 1 amide bonds. The summed E-state index contributed by atoms with van der Waals surface area (Å²) in [6.45, 7) is 2.61. The van der Waals surface area contributed by atoms with Crippen LogP contribution in [0.3, 0.4) is 0 Å². The molecule has 3 heterocycles. The minimum absolute atomic E-state index is 0.0893. The van der Waals surface area contributed by atoms with Gasteiger partial charge in [-0.2, -0.15) is 0 Å². The molecule has 3 rings (SSSR count). The van der Waals surface area contributed by atoms with Crippen LogP contribution in [0.1, 0.15) is 35.2 Å². The number of carbonyl (C=O) groups is 1. The Kier molecular flexibility index (Phi) is 3.87. The van der Waals surface area contributed by atoms with E-state index in [1.165, 1.54) is 19.1 Å². The Morgan fingerprint density at radius 3 is 2.60 bits per heavy atom. The van der Waals surface area contributed by atoms with Crippen LogP contribution >= 0.6 is 0 Å². The molecular formula is C15H18N2O3. The van der Waals surface area contributed by atoms with Gasteiger partial charge < -0.3 is 14.2 Å². The van der Waals surface area contributed by atoms with Crippen LogP contribution in [0.4, 0.5) is 0 Å². The molecule has 0 bridgehead atoms. The molecule has 5 heteroatoms. The zero-order valence-corrected chi connectivity index (χ0v) is 11.2. The average molecular weight is 274 g/mol. The molecule has 5 nitrogen and oxygen atoms in total. The van der Waals surface area contributed by atoms with Gasteiger partial charge in [0.15, 0.2) is 5.76 Å². The lowest BCUT2D eigenvalue weighted by atomic mass is 10.2. The molecule has 0 unspecified atom stereocenters. The van der Waals surface area contributed by atoms with E-state index in [1.807, 2.05) is 12.1 Å². The van der Waals surface area contributed by atoms with E-state index >= 15 is 0 Å². The summed E-state index contributed by atoms with van der Waals surface area (Å²) in [6.07, 6.45) is 5.57. The standard InChI is InChI=1S/C15H18N2O3/c18-15(14-6-4-10-20-14)16-11-12(13-5-3-9-19-13)17-7-1-2-8-17/h3-6,9-10,12H,1-2,7-8,11H2,(H,16,18)/t12-/m1/s1. The molecule has 1 atom stereocenters. The van der Waals surface area contributed by atoms with Gasteiger partial charge in [-0.25, -0.2) is 0 Å². The van der Waals surface area contributed by atoms with Crippen LogP contribution in [-0.4, -0.2) is 30.4 Å². The van der Waals surface area contributed by atoms with Crippen molar-refractivity contribution in [1.29, 1.82) is 0 Å². The molecule has 106 valence electrons. The lowest BCUT2D eigenvalue weighted by molar-refractivity contribution is 0.0906. The Labute approximate surface area is 117 Å². The Morgan fingerprint density at radius 1 is 1.20 bits per heavy atom. The first-order chi connectivity index (χ1) is 9.84. The van der Waals surface area contributed by atoms with Gasteiger partial charge in [0.05, 0.1) is 18.6 Å². The third kappa shape index (κ3) is 2.77. The highest BCUT2D eigenvalue weighted by molar-refractivity contribution is 5.91. The second-order valence-electron chi connectivity index (χ2n) is 4.96. The maximum atomic E-state index is 11.9. The molecule has 20 heavy (non-hydrogen) atoms. The van der Waals surface area contributed by atoms with Crippen LogP contribution in [0, 0.1) is 0 Å². The van der Waals surface area contributed by atoms with E-state index in [0.29, 0.717) is 12.3 Å². The van der Waals surface area contributed by atoms with E-state index in [1.54, 1.807) is 18.4 Å². The van der Waals surface area contributed by atoms with E-state index in [4.69, 9.17) is 8.83 Å². The molecule has 0 aromatic carbocycles. The number of hydrogen-bond donors (Lipinski definition) is 1. The molecule has 0 saturated carbocycles. The third-order valence-electron chi connectivity index (χ3n) is 3.65. The minimum atomic E-state index is -0.189. The summed E-state index contributed by atoms with van der Waals surface area (Å²) < 4.78 is 10.6. The number of rotatable bonds is 5. The highest BCUT2D eigenvalue weighted by Crippen LogP contribution is 2.24. The normalized spacial score (nSPS) is 17.2. The van der Waals surface area contributed by atoms with Crippen LogP contribution in [0.25, 0.3) is 0 Å². The molecule has 1 N–H and O–H groups in total. The van der Waals surface area contributed by atoms with Gasteiger partial charge in [0.2, 0.25) is 0 Å². The van der Waals surface area contributed by atoms with E-state index in [0.717, 1.165) is 18.8 Å².